The molecule has 0 radical (unpaired) electrons. The SMILES string of the molecule is C/C=C/c1cc(C(=O)OCC)c(C)n1-c1cccc([N+](=O)[O-])c1. The number of benzene rings is 1. The van der Waals surface area contributed by atoms with Crippen LogP contribution in [0.1, 0.15) is 35.6 Å². The molecule has 1 aromatic heterocycles. The highest BCUT2D eigenvalue weighted by molar-refractivity contribution is 5.92. The van der Waals surface area contributed by atoms with Crippen molar-refractivity contribution >= 4 is 17.7 Å². The lowest BCUT2D eigenvalue weighted by Crippen LogP contribution is -2.07. The molecule has 0 saturated carbocycles. The van der Waals surface area contributed by atoms with Gasteiger partial charge >= 0.3 is 5.97 Å². The van der Waals surface area contributed by atoms with Gasteiger partial charge in [0.2, 0.25) is 0 Å². The molecule has 6 heteroatoms. The molecule has 1 heterocycles. The fraction of sp³-hybridized carbons (Fsp3) is 0.235. The number of hydrogen-bond donors (Lipinski definition) is 0. The van der Waals surface area contributed by atoms with Gasteiger partial charge in [0.25, 0.3) is 5.69 Å². The summed E-state index contributed by atoms with van der Waals surface area (Å²) in [4.78, 5) is 22.6. The molecule has 0 aliphatic heterocycles. The van der Waals surface area contributed by atoms with E-state index in [1.807, 2.05) is 19.1 Å². The highest BCUT2D eigenvalue weighted by Gasteiger charge is 2.19. The number of esters is 1. The number of nitro groups is 1. The molecule has 0 spiro atoms. The molecule has 1 aromatic carbocycles. The van der Waals surface area contributed by atoms with Gasteiger partial charge < -0.3 is 9.30 Å². The first-order valence-corrected chi connectivity index (χ1v) is 7.26. The van der Waals surface area contributed by atoms with Crippen LogP contribution in [0.4, 0.5) is 5.69 Å². The lowest BCUT2D eigenvalue weighted by atomic mass is 10.2. The third kappa shape index (κ3) is 3.31. The van der Waals surface area contributed by atoms with E-state index in [4.69, 9.17) is 4.74 Å². The van der Waals surface area contributed by atoms with Crippen molar-refractivity contribution in [2.45, 2.75) is 20.8 Å². The molecule has 0 aliphatic rings. The van der Waals surface area contributed by atoms with Crippen LogP contribution in [0.2, 0.25) is 0 Å². The van der Waals surface area contributed by atoms with Gasteiger partial charge in [-0.25, -0.2) is 4.79 Å². The number of carbonyl (C=O) groups is 1. The summed E-state index contributed by atoms with van der Waals surface area (Å²) in [7, 11) is 0. The van der Waals surface area contributed by atoms with Gasteiger partial charge in [-0.05, 0) is 39.0 Å². The Morgan fingerprint density at radius 2 is 2.13 bits per heavy atom. The fourth-order valence-electron chi connectivity index (χ4n) is 2.43. The first kappa shape index (κ1) is 16.5. The van der Waals surface area contributed by atoms with Crippen LogP contribution in [-0.2, 0) is 4.74 Å². The number of rotatable bonds is 5. The fourth-order valence-corrected chi connectivity index (χ4v) is 2.43. The Morgan fingerprint density at radius 1 is 1.39 bits per heavy atom. The molecular formula is C17H18N2O4. The summed E-state index contributed by atoms with van der Waals surface area (Å²) in [5, 5.41) is 11.0. The minimum absolute atomic E-state index is 0.000266. The molecule has 2 aromatic rings. The monoisotopic (exact) mass is 314 g/mol. The van der Waals surface area contributed by atoms with Crippen molar-refractivity contribution in [3.63, 3.8) is 0 Å². The van der Waals surface area contributed by atoms with E-state index < -0.39 is 10.9 Å². The van der Waals surface area contributed by atoms with Crippen LogP contribution in [0.3, 0.4) is 0 Å². The van der Waals surface area contributed by atoms with Crippen molar-refractivity contribution in [3.05, 3.63) is 63.5 Å². The first-order valence-electron chi connectivity index (χ1n) is 7.26. The maximum absolute atomic E-state index is 12.1. The van der Waals surface area contributed by atoms with E-state index in [-0.39, 0.29) is 5.69 Å². The average molecular weight is 314 g/mol. The van der Waals surface area contributed by atoms with Gasteiger partial charge in [0.15, 0.2) is 0 Å². The summed E-state index contributed by atoms with van der Waals surface area (Å²) < 4.78 is 6.87. The Labute approximate surface area is 134 Å². The first-order chi connectivity index (χ1) is 11.0. The normalized spacial score (nSPS) is 10.9. The van der Waals surface area contributed by atoms with Crippen molar-refractivity contribution in [2.24, 2.45) is 0 Å². The van der Waals surface area contributed by atoms with E-state index >= 15 is 0 Å². The summed E-state index contributed by atoms with van der Waals surface area (Å²) in [5.74, 6) is -0.403. The topological polar surface area (TPSA) is 74.4 Å². The van der Waals surface area contributed by atoms with Gasteiger partial charge in [0, 0.05) is 23.5 Å². The molecule has 0 amide bonds. The second kappa shape index (κ2) is 6.91. The summed E-state index contributed by atoms with van der Waals surface area (Å²) in [6, 6.07) is 8.03. The van der Waals surface area contributed by atoms with E-state index in [2.05, 4.69) is 0 Å². The zero-order chi connectivity index (χ0) is 17.0. The summed E-state index contributed by atoms with van der Waals surface area (Å²) in [6.07, 6.45) is 3.69. The quantitative estimate of drug-likeness (QED) is 0.476. The lowest BCUT2D eigenvalue weighted by Gasteiger charge is -2.10. The number of nitrogens with zero attached hydrogens (tertiary/aromatic N) is 2. The third-order valence-corrected chi connectivity index (χ3v) is 3.41. The molecule has 120 valence electrons. The highest BCUT2D eigenvalue weighted by atomic mass is 16.6. The van der Waals surface area contributed by atoms with Crippen LogP contribution in [-0.4, -0.2) is 22.1 Å². The molecule has 0 bridgehead atoms. The maximum Gasteiger partial charge on any atom is 0.339 e. The summed E-state index contributed by atoms with van der Waals surface area (Å²) >= 11 is 0. The van der Waals surface area contributed by atoms with Crippen LogP contribution in [0.5, 0.6) is 0 Å². The highest BCUT2D eigenvalue weighted by Crippen LogP contribution is 2.25. The molecular weight excluding hydrogens is 296 g/mol. The smallest absolute Gasteiger partial charge is 0.339 e. The Morgan fingerprint density at radius 3 is 2.74 bits per heavy atom. The molecule has 0 saturated heterocycles. The standard InChI is InChI=1S/C17H18N2O4/c1-4-7-13-11-16(17(20)23-5-2)12(3)18(13)14-8-6-9-15(10-14)19(21)22/h4,6-11H,5H2,1-3H3/b7-4+. The van der Waals surface area contributed by atoms with Crippen LogP contribution in [0.25, 0.3) is 11.8 Å². The van der Waals surface area contributed by atoms with Gasteiger partial charge in [0.1, 0.15) is 0 Å². The zero-order valence-corrected chi connectivity index (χ0v) is 13.3. The largest absolute Gasteiger partial charge is 0.462 e. The van der Waals surface area contributed by atoms with Crippen molar-refractivity contribution in [3.8, 4) is 5.69 Å². The zero-order valence-electron chi connectivity index (χ0n) is 13.3. The second-order valence-electron chi connectivity index (χ2n) is 4.90. The number of ether oxygens (including phenoxy) is 1. The van der Waals surface area contributed by atoms with Crippen molar-refractivity contribution in [2.75, 3.05) is 6.61 Å². The minimum Gasteiger partial charge on any atom is -0.462 e. The predicted molar refractivity (Wildman–Crippen MR) is 87.8 cm³/mol. The van der Waals surface area contributed by atoms with E-state index in [1.165, 1.54) is 12.1 Å². The van der Waals surface area contributed by atoms with Gasteiger partial charge in [-0.1, -0.05) is 12.1 Å². The molecule has 2 rings (SSSR count). The number of hydrogen-bond acceptors (Lipinski definition) is 4. The van der Waals surface area contributed by atoms with Crippen LogP contribution >= 0.6 is 0 Å². The van der Waals surface area contributed by atoms with E-state index in [9.17, 15) is 14.9 Å². The lowest BCUT2D eigenvalue weighted by molar-refractivity contribution is -0.384. The number of nitro benzene ring substituents is 1. The van der Waals surface area contributed by atoms with Crippen LogP contribution in [0.15, 0.2) is 36.4 Å². The summed E-state index contributed by atoms with van der Waals surface area (Å²) in [5.41, 5.74) is 2.51. The number of carbonyl (C=O) groups excluding carboxylic acids is 1. The molecule has 0 fully saturated rings. The molecule has 0 aliphatic carbocycles. The molecule has 6 nitrogen and oxygen atoms in total. The predicted octanol–water partition coefficient (Wildman–Crippen LogP) is 3.90. The van der Waals surface area contributed by atoms with Crippen molar-refractivity contribution in [1.82, 2.24) is 4.57 Å². The third-order valence-electron chi connectivity index (χ3n) is 3.41. The van der Waals surface area contributed by atoms with Crippen LogP contribution in [0, 0.1) is 17.0 Å². The average Bonchev–Trinajstić information content (AvgIpc) is 2.84. The number of non-ortho nitro benzene ring substituents is 1. The number of allylic oxidation sites excluding steroid dienone is 1. The van der Waals surface area contributed by atoms with E-state index in [0.29, 0.717) is 23.6 Å². The van der Waals surface area contributed by atoms with Crippen molar-refractivity contribution in [1.29, 1.82) is 0 Å². The van der Waals surface area contributed by atoms with Crippen LogP contribution < -0.4 is 0 Å². The maximum atomic E-state index is 12.1. The minimum atomic E-state index is -0.441. The van der Waals surface area contributed by atoms with Gasteiger partial charge in [-0.3, -0.25) is 10.1 Å². The molecule has 0 N–H and O–H groups in total. The molecule has 23 heavy (non-hydrogen) atoms. The number of aromatic nitrogens is 1. The Hall–Kier alpha value is -2.89. The van der Waals surface area contributed by atoms with E-state index in [1.54, 1.807) is 36.6 Å². The Balaban J connectivity index is 2.63. The Bertz CT molecular complexity index is 775. The molecule has 0 unspecified atom stereocenters. The van der Waals surface area contributed by atoms with Gasteiger partial charge in [-0.15, -0.1) is 0 Å². The van der Waals surface area contributed by atoms with E-state index in [0.717, 1.165) is 5.69 Å². The van der Waals surface area contributed by atoms with Crippen molar-refractivity contribution < 1.29 is 14.5 Å². The van der Waals surface area contributed by atoms with Gasteiger partial charge in [-0.2, -0.15) is 0 Å². The van der Waals surface area contributed by atoms with Gasteiger partial charge in [0.05, 0.1) is 22.8 Å². The summed E-state index contributed by atoms with van der Waals surface area (Å²) in [6.45, 7) is 5.69. The second-order valence-corrected chi connectivity index (χ2v) is 4.90. The molecule has 0 atom stereocenters. The Kier molecular flexibility index (Phi) is 4.95.